The molecule has 0 radical (unpaired) electrons. The third-order valence-electron chi connectivity index (χ3n) is 3.31. The minimum absolute atomic E-state index is 0.228. The molecule has 0 saturated heterocycles. The quantitative estimate of drug-likeness (QED) is 0.908. The summed E-state index contributed by atoms with van der Waals surface area (Å²) < 4.78 is 0. The third-order valence-corrected chi connectivity index (χ3v) is 5.25. The molecule has 21 heavy (non-hydrogen) atoms. The summed E-state index contributed by atoms with van der Waals surface area (Å²) >= 11 is 2.88. The van der Waals surface area contributed by atoms with Gasteiger partial charge in [0.25, 0.3) is 5.91 Å². The first-order valence-corrected chi connectivity index (χ1v) is 8.47. The third kappa shape index (κ3) is 3.14. The fourth-order valence-corrected chi connectivity index (χ4v) is 3.88. The molecular formula is C14H15N3O2S2. The number of fused-ring (bicyclic) bond motifs is 1. The lowest BCUT2D eigenvalue weighted by Crippen LogP contribution is -2.41. The monoisotopic (exact) mass is 321 g/mol. The molecule has 110 valence electrons. The van der Waals surface area contributed by atoms with Crippen LogP contribution in [0.4, 0.5) is 5.13 Å². The Bertz CT molecular complexity index is 642. The number of thiazole rings is 1. The first-order valence-electron chi connectivity index (χ1n) is 6.77. The lowest BCUT2D eigenvalue weighted by Gasteiger charge is -2.12. The van der Waals surface area contributed by atoms with Crippen molar-refractivity contribution < 1.29 is 9.59 Å². The van der Waals surface area contributed by atoms with Crippen molar-refractivity contribution >= 4 is 39.6 Å². The normalized spacial score (nSPS) is 14.5. The highest BCUT2D eigenvalue weighted by atomic mass is 32.1. The molecule has 0 saturated carbocycles. The first-order chi connectivity index (χ1) is 10.1. The van der Waals surface area contributed by atoms with Gasteiger partial charge in [-0.25, -0.2) is 4.98 Å². The van der Waals surface area contributed by atoms with Gasteiger partial charge >= 0.3 is 0 Å². The number of thiophene rings is 1. The summed E-state index contributed by atoms with van der Waals surface area (Å²) in [5.74, 6) is -0.471. The largest absolute Gasteiger partial charge is 0.340 e. The highest BCUT2D eigenvalue weighted by Gasteiger charge is 2.21. The molecule has 2 amide bonds. The van der Waals surface area contributed by atoms with Crippen LogP contribution in [0.1, 0.15) is 33.6 Å². The number of carbonyl (C=O) groups excluding carboxylic acids is 2. The van der Waals surface area contributed by atoms with Crippen LogP contribution in [0.2, 0.25) is 0 Å². The molecule has 0 bridgehead atoms. The molecule has 0 aromatic carbocycles. The fourth-order valence-electron chi connectivity index (χ4n) is 2.20. The highest BCUT2D eigenvalue weighted by Crippen LogP contribution is 2.30. The molecule has 1 aliphatic carbocycles. The number of anilines is 1. The van der Waals surface area contributed by atoms with E-state index in [1.165, 1.54) is 27.6 Å². The summed E-state index contributed by atoms with van der Waals surface area (Å²) in [5, 5.41) is 7.92. The van der Waals surface area contributed by atoms with Crippen molar-refractivity contribution in [1.29, 1.82) is 0 Å². The Morgan fingerprint density at radius 2 is 2.24 bits per heavy atom. The maximum absolute atomic E-state index is 12.1. The average Bonchev–Trinajstić information content (AvgIpc) is 3.14. The summed E-state index contributed by atoms with van der Waals surface area (Å²) in [6.45, 7) is 1.67. The number of aryl methyl sites for hydroxylation is 2. The predicted molar refractivity (Wildman–Crippen MR) is 84.0 cm³/mol. The number of nitrogens with zero attached hydrogens (tertiary/aromatic N) is 1. The SMILES string of the molecule is CC(NC(=O)c1cccs1)C(=O)Nc1nc2c(s1)CCC2. The standard InChI is InChI=1S/C14H15N3O2S2/c1-8(15-13(19)11-6-3-7-20-11)12(18)17-14-16-9-4-2-5-10(9)21-14/h3,6-8H,2,4-5H2,1H3,(H,15,19)(H,16,17,18). The summed E-state index contributed by atoms with van der Waals surface area (Å²) in [6.07, 6.45) is 3.19. The maximum Gasteiger partial charge on any atom is 0.261 e. The minimum atomic E-state index is -0.599. The van der Waals surface area contributed by atoms with E-state index in [-0.39, 0.29) is 11.8 Å². The zero-order valence-corrected chi connectivity index (χ0v) is 13.1. The van der Waals surface area contributed by atoms with E-state index in [4.69, 9.17) is 0 Å². The van der Waals surface area contributed by atoms with Crippen molar-refractivity contribution in [2.24, 2.45) is 0 Å². The van der Waals surface area contributed by atoms with E-state index in [1.807, 2.05) is 5.38 Å². The number of carbonyl (C=O) groups is 2. The molecular weight excluding hydrogens is 306 g/mol. The number of nitrogens with one attached hydrogen (secondary N) is 2. The Morgan fingerprint density at radius 3 is 2.95 bits per heavy atom. The van der Waals surface area contributed by atoms with Gasteiger partial charge in [0.2, 0.25) is 5.91 Å². The Kier molecular flexibility index (Phi) is 4.03. The number of hydrogen-bond acceptors (Lipinski definition) is 5. The second kappa shape index (κ2) is 5.95. The van der Waals surface area contributed by atoms with Crippen LogP contribution in [0.3, 0.4) is 0 Å². The van der Waals surface area contributed by atoms with E-state index in [1.54, 1.807) is 19.1 Å². The molecule has 2 aromatic heterocycles. The summed E-state index contributed by atoms with van der Waals surface area (Å²) in [7, 11) is 0. The Labute approximate surface area is 130 Å². The molecule has 2 heterocycles. The van der Waals surface area contributed by atoms with Crippen molar-refractivity contribution in [3.05, 3.63) is 33.0 Å². The van der Waals surface area contributed by atoms with Gasteiger partial charge in [0.05, 0.1) is 10.6 Å². The average molecular weight is 321 g/mol. The van der Waals surface area contributed by atoms with Crippen LogP contribution in [0.5, 0.6) is 0 Å². The van der Waals surface area contributed by atoms with Crippen LogP contribution in [-0.4, -0.2) is 22.8 Å². The fraction of sp³-hybridized carbons (Fsp3) is 0.357. The Hall–Kier alpha value is -1.73. The summed E-state index contributed by atoms with van der Waals surface area (Å²) in [5.41, 5.74) is 1.10. The van der Waals surface area contributed by atoms with Gasteiger partial charge in [-0.1, -0.05) is 6.07 Å². The highest BCUT2D eigenvalue weighted by molar-refractivity contribution is 7.16. The van der Waals surface area contributed by atoms with Crippen molar-refractivity contribution in [3.63, 3.8) is 0 Å². The van der Waals surface area contributed by atoms with Crippen molar-refractivity contribution in [2.75, 3.05) is 5.32 Å². The Morgan fingerprint density at radius 1 is 1.38 bits per heavy atom. The van der Waals surface area contributed by atoms with Gasteiger partial charge in [0.15, 0.2) is 5.13 Å². The predicted octanol–water partition coefficient (Wildman–Crippen LogP) is 2.45. The van der Waals surface area contributed by atoms with E-state index >= 15 is 0 Å². The number of aromatic nitrogens is 1. The smallest absolute Gasteiger partial charge is 0.261 e. The minimum Gasteiger partial charge on any atom is -0.340 e. The molecule has 2 aromatic rings. The van der Waals surface area contributed by atoms with E-state index in [0.717, 1.165) is 25.0 Å². The lowest BCUT2D eigenvalue weighted by molar-refractivity contribution is -0.117. The van der Waals surface area contributed by atoms with Crippen molar-refractivity contribution in [3.8, 4) is 0 Å². The van der Waals surface area contributed by atoms with Crippen LogP contribution in [-0.2, 0) is 17.6 Å². The molecule has 0 aliphatic heterocycles. The zero-order chi connectivity index (χ0) is 14.8. The van der Waals surface area contributed by atoms with Crippen LogP contribution in [0.25, 0.3) is 0 Å². The molecule has 1 aliphatic rings. The van der Waals surface area contributed by atoms with Crippen LogP contribution in [0.15, 0.2) is 17.5 Å². The molecule has 3 rings (SSSR count). The van der Waals surface area contributed by atoms with Crippen LogP contribution >= 0.6 is 22.7 Å². The number of hydrogen-bond donors (Lipinski definition) is 2. The molecule has 5 nitrogen and oxygen atoms in total. The lowest BCUT2D eigenvalue weighted by atomic mass is 10.3. The number of rotatable bonds is 4. The summed E-state index contributed by atoms with van der Waals surface area (Å²) in [6, 6.07) is 2.94. The zero-order valence-electron chi connectivity index (χ0n) is 11.5. The number of amides is 2. The molecule has 0 fully saturated rings. The first kappa shape index (κ1) is 14.2. The molecule has 0 spiro atoms. The van der Waals surface area contributed by atoms with E-state index in [9.17, 15) is 9.59 Å². The molecule has 1 unspecified atom stereocenters. The molecule has 2 N–H and O–H groups in total. The van der Waals surface area contributed by atoms with Gasteiger partial charge in [-0.2, -0.15) is 0 Å². The maximum atomic E-state index is 12.1. The Balaban J connectivity index is 1.58. The van der Waals surface area contributed by atoms with E-state index in [0.29, 0.717) is 10.0 Å². The summed E-state index contributed by atoms with van der Waals surface area (Å²) in [4.78, 5) is 30.3. The topological polar surface area (TPSA) is 71.1 Å². The van der Waals surface area contributed by atoms with Gasteiger partial charge in [-0.15, -0.1) is 22.7 Å². The van der Waals surface area contributed by atoms with E-state index < -0.39 is 6.04 Å². The van der Waals surface area contributed by atoms with Gasteiger partial charge < -0.3 is 10.6 Å². The van der Waals surface area contributed by atoms with Gasteiger partial charge in [0, 0.05) is 4.88 Å². The van der Waals surface area contributed by atoms with Crippen molar-refractivity contribution in [2.45, 2.75) is 32.2 Å². The molecule has 1 atom stereocenters. The van der Waals surface area contributed by atoms with Crippen molar-refractivity contribution in [1.82, 2.24) is 10.3 Å². The van der Waals surface area contributed by atoms with Gasteiger partial charge in [-0.05, 0) is 37.6 Å². The second-order valence-electron chi connectivity index (χ2n) is 4.90. The van der Waals surface area contributed by atoms with Crippen LogP contribution in [0, 0.1) is 0 Å². The van der Waals surface area contributed by atoms with Crippen LogP contribution < -0.4 is 10.6 Å². The molecule has 7 heteroatoms. The van der Waals surface area contributed by atoms with Gasteiger partial charge in [0.1, 0.15) is 6.04 Å². The van der Waals surface area contributed by atoms with E-state index in [2.05, 4.69) is 15.6 Å². The second-order valence-corrected chi connectivity index (χ2v) is 6.94. The van der Waals surface area contributed by atoms with Gasteiger partial charge in [-0.3, -0.25) is 9.59 Å².